The molecule has 2 aromatic rings. The third kappa shape index (κ3) is 105. The van der Waals surface area contributed by atoms with Crippen molar-refractivity contribution in [2.75, 3.05) is 38.9 Å². The van der Waals surface area contributed by atoms with Gasteiger partial charge in [0.25, 0.3) is 19.6 Å². The monoisotopic (exact) mass is 5590 g/mol. The Kier molecular flexibility index (Phi) is 174. The van der Waals surface area contributed by atoms with Gasteiger partial charge in [0.05, 0.1) is 18.8 Å². The maximum atomic E-state index is 15.7. The molecule has 6 N–H and O–H groups in total. The van der Waals surface area contributed by atoms with Crippen molar-refractivity contribution in [2.24, 2.45) is 0 Å². The van der Waals surface area contributed by atoms with Crippen molar-refractivity contribution in [3.05, 3.63) is 66.2 Å². The fraction of sp³-hybridized carbons (Fsp3) is 0.826. The van der Waals surface area contributed by atoms with Gasteiger partial charge in [0.1, 0.15) is 12.2 Å². The van der Waals surface area contributed by atoms with Crippen molar-refractivity contribution in [1.29, 1.82) is 2.86 Å². The summed E-state index contributed by atoms with van der Waals surface area (Å²) in [5, 5.41) is 25.0. The van der Waals surface area contributed by atoms with Crippen LogP contribution < -0.4 is 22.5 Å². The second-order valence-electron chi connectivity index (χ2n) is 20.7. The van der Waals surface area contributed by atoms with E-state index in [1.54, 1.807) is 107 Å². The average molecular weight is 5590 g/mol. The van der Waals surface area contributed by atoms with E-state index in [0.29, 0.717) is 18.0 Å². The van der Waals surface area contributed by atoms with Gasteiger partial charge in [0.15, 0.2) is 24.8 Å². The third-order valence-electron chi connectivity index (χ3n) is 10.3. The predicted molar refractivity (Wildman–Crippen MR) is 553 cm³/mol. The van der Waals surface area contributed by atoms with Crippen molar-refractivity contribution in [3.63, 3.8) is 0 Å². The molecule has 74 heteroatoms. The Hall–Kier alpha value is 21.3. The molecule has 0 bridgehead atoms. The number of aromatic amines is 2. The molecule has 0 spiro atoms. The number of ether oxygens (including phenoxy) is 2. The second kappa shape index (κ2) is 126. The van der Waals surface area contributed by atoms with E-state index in [2.05, 4.69) is 61.4 Å². The molecule has 4 heterocycles. The van der Waals surface area contributed by atoms with Gasteiger partial charge >= 0.3 is 11.4 Å². The maximum Gasteiger partial charge on any atom is 0.330 e. The van der Waals surface area contributed by atoms with Gasteiger partial charge in [-0.1, -0.05) is 110 Å². The van der Waals surface area contributed by atoms with Gasteiger partial charge in [0, 0.05) is 841 Å². The first-order valence-corrected chi connectivity index (χ1v) is 81.6. The summed E-state index contributed by atoms with van der Waals surface area (Å²) >= 11 is 9.59. The molecule has 9 unspecified atom stereocenters. The number of hydrogen-bond donors (Lipinski definition) is 6. The van der Waals surface area contributed by atoms with Crippen molar-refractivity contribution in [2.45, 2.75) is 205 Å². The molecule has 0 aliphatic carbocycles. The standard InChI is InChI=1S/C25H45FN3O5PS2.C10H22OS2.C9H11FN2O4.2CH4O.S36.14U/c1-17(2)29(18(3)4)35(32-15-11-9-10-12-16-36-37-25(6,7)8)34-22-19(5)33-23(21(22)26)28-14-13-20(30)27-24(28)31;1-10(2,3)13-12-9-7-5-4-6-8-11;1-4-7(14)6(10)8(16-4)12-3-2-5(13)11-9(12)15;2*1-2;1-3-5-7-9-11-13-15-17-19-21-23-25-27-29-31-33-35-36-34-32-30-28-26-24-22-20-18-16-14-12-10-8-6-4-2;;;;;;;;;;;;;;/h13-14,17-19,21-23H,9-12,15-16H2,1-8H3,(H,27,30,31);11H,4-9H2,1-3H3;2-4,6-8,14H,1H3,(H,11,13,15);2*2H,1H3;;;;;;;;;;;;;;;/i5D;;1D;2*2T;;;;;;;;;;;;;;;. The zero-order valence-corrected chi connectivity index (χ0v) is 157. The number of aromatic nitrogens is 4. The number of hydrogen-bond acceptors (Lipinski definition) is 19. The van der Waals surface area contributed by atoms with Crippen LogP contribution in [0.5, 0.6) is 0 Å². The second-order valence-corrected chi connectivity index (χ2v) is 88.7. The summed E-state index contributed by atoms with van der Waals surface area (Å²) in [5.74, 6) is 2.37. The van der Waals surface area contributed by atoms with Gasteiger partial charge in [-0.25, -0.2) is 23.0 Å². The molecular formula is C46H86F2N5O12PS40U14. The molecule has 0 amide bonds. The van der Waals surface area contributed by atoms with Crippen LogP contribution in [-0.2, 0) is 343 Å². The Morgan fingerprint density at radius 3 is 1.02 bits per heavy atom. The number of unbranched alkanes of at least 4 members (excludes halogenated alkanes) is 6. The molecule has 682 valence electrons. The molecule has 2 saturated heterocycles. The number of nitrogens with one attached hydrogen (secondary N) is 2. The van der Waals surface area contributed by atoms with Crippen molar-refractivity contribution in [3.8, 4) is 0 Å². The number of rotatable bonds is 23. The van der Waals surface area contributed by atoms with Gasteiger partial charge in [-0.2, -0.15) is 0 Å². The molecule has 0 saturated carbocycles. The number of alkyl halides is 2. The van der Waals surface area contributed by atoms with E-state index in [1.165, 1.54) is 63.2 Å². The smallest absolute Gasteiger partial charge is 0.330 e. The Balaban J connectivity index is -0.0000000895. The molecule has 4 rings (SSSR count). The summed E-state index contributed by atoms with van der Waals surface area (Å²) in [6, 6.07) is 2.37. The first kappa shape index (κ1) is 166. The van der Waals surface area contributed by atoms with Crippen molar-refractivity contribution < 1.29 is 486 Å². The average Bonchev–Trinajstić information content (AvgIpc) is 1.62. The van der Waals surface area contributed by atoms with E-state index in [0.717, 1.165) is 65.3 Å². The van der Waals surface area contributed by atoms with Crippen LogP contribution in [-0.4, -0.2) is 144 Å². The van der Waals surface area contributed by atoms with E-state index < -0.39 is 80.2 Å². The normalized spacial score (nSPS) is 15.9. The van der Waals surface area contributed by atoms with Crippen LogP contribution in [0.25, 0.3) is 0 Å². The number of aliphatic hydroxyl groups is 4. The Bertz CT molecular complexity index is 4840. The van der Waals surface area contributed by atoms with Gasteiger partial charge < -0.3 is 39.0 Å². The minimum atomic E-state index is -1.81. The van der Waals surface area contributed by atoms with Gasteiger partial charge in [-0.05, 0) is 67.2 Å². The van der Waals surface area contributed by atoms with Crippen LogP contribution in [0.1, 0.15) is 150 Å². The zero-order chi connectivity index (χ0) is 82.6. The van der Waals surface area contributed by atoms with Crippen molar-refractivity contribution in [1.82, 2.24) is 23.8 Å². The van der Waals surface area contributed by atoms with E-state index in [-0.39, 0.29) is 466 Å². The number of nitrogens with zero attached hydrogens (tertiary/aromatic N) is 3. The van der Waals surface area contributed by atoms with Crippen molar-refractivity contribution >= 4 is 376 Å². The summed E-state index contributed by atoms with van der Waals surface area (Å²) in [5.41, 5.74) is -2.76. The molecule has 2 aromatic heterocycles. The van der Waals surface area contributed by atoms with E-state index >= 15 is 4.39 Å². The van der Waals surface area contributed by atoms with Crippen LogP contribution in [0.15, 0.2) is 43.7 Å². The Morgan fingerprint density at radius 1 is 0.492 bits per heavy atom. The van der Waals surface area contributed by atoms with Crippen LogP contribution in [0.2, 0.25) is 0 Å². The fourth-order valence-corrected chi connectivity index (χ4v) is 101. The summed E-state index contributed by atoms with van der Waals surface area (Å²) in [6.07, 6.45) is 0.660. The first-order chi connectivity index (χ1) is 52.7. The molecule has 120 heavy (non-hydrogen) atoms. The summed E-state index contributed by atoms with van der Waals surface area (Å²) in [4.78, 5) is 50.0. The number of aliphatic hydroxyl groups excluding tert-OH is 4. The number of H-pyrrole nitrogens is 2. The molecular weight excluding hydrogens is 5500 g/mol. The van der Waals surface area contributed by atoms with Crippen LogP contribution in [0.3, 0.4) is 0 Å². The summed E-state index contributed by atoms with van der Waals surface area (Å²) < 4.78 is 83.7. The number of halogens is 2. The summed E-state index contributed by atoms with van der Waals surface area (Å²) in [7, 11) is 68.8. The van der Waals surface area contributed by atoms with E-state index in [4.69, 9.17) is 51.6 Å². The minimum absolute atomic E-state index is 0. The first-order valence-electron chi connectivity index (χ1n) is 31.4. The van der Waals surface area contributed by atoms with E-state index in [1.807, 2.05) is 253 Å². The Labute approximate surface area is 1170 Å². The van der Waals surface area contributed by atoms with Crippen LogP contribution >= 0.6 is 51.7 Å². The Morgan fingerprint density at radius 2 is 0.767 bits per heavy atom. The largest absolute Gasteiger partial charge is 0.400 e. The predicted octanol–water partition coefficient (Wildman–Crippen LogP) is 8.28. The third-order valence-corrected chi connectivity index (χ3v) is 92.6. The molecule has 0 aromatic carbocycles. The molecule has 2 fully saturated rings. The maximum absolute atomic E-state index is 15.7. The fourth-order valence-electron chi connectivity index (χ4n) is 6.64. The zero-order valence-electron chi connectivity index (χ0n) is 68.8. The summed E-state index contributed by atoms with van der Waals surface area (Å²) in [6.45, 7) is 21.9. The SMILES string of the molecule is CC(C)(C)SSCCCCCCO.S=S=S=S=S=S=S=S=S=S=S=S=S=S=S=S=S=S=S=S=S=S=S=S=S=S=S=S=S=S=S=S=S=S=S=S.[2H]CC1OC(n2ccc(=O)[nH]c2=O)C(F)C1O.[2H]CC1OC(n2ccc(=O)[nH]c2=O)C(F)C1OP(OCCCCCCSSC(C)(C)C)N(C(C)C)C(C)C.[3H]OC.[3H]OC.[U].[U].[U].[U].[U].[U].[U].[U].[U].[U].[U].[U].[U].[U]. The topological polar surface area (TPSA) is 231 Å². The quantitative estimate of drug-likeness (QED) is 0.0349. The molecule has 9 atom stereocenters. The molecule has 2 aliphatic rings. The molecule has 0 radical (unpaired) electrons. The van der Waals surface area contributed by atoms with Crippen LogP contribution in [0.4, 0.5) is 8.78 Å². The van der Waals surface area contributed by atoms with Crippen LogP contribution in [0, 0.1) is 436 Å². The van der Waals surface area contributed by atoms with Gasteiger partial charge in [-0.15, -0.1) is 0 Å². The van der Waals surface area contributed by atoms with Gasteiger partial charge in [-0.3, -0.25) is 28.7 Å². The van der Waals surface area contributed by atoms with E-state index in [9.17, 15) is 28.7 Å². The molecule has 2 aliphatic heterocycles. The molecule has 17 nitrogen and oxygen atoms in total. The van der Waals surface area contributed by atoms with Gasteiger partial charge in [0.2, 0.25) is 2.86 Å². The minimum Gasteiger partial charge on any atom is -0.400 e.